The molecular weight excluding hydrogens is 276 g/mol. The van der Waals surface area contributed by atoms with E-state index in [0.29, 0.717) is 24.3 Å². The van der Waals surface area contributed by atoms with Gasteiger partial charge in [0.05, 0.1) is 22.9 Å². The number of carbonyl (C=O) groups is 1. The number of aliphatic hydroxyl groups excluding tert-OH is 1. The van der Waals surface area contributed by atoms with Crippen LogP contribution < -0.4 is 5.73 Å². The minimum atomic E-state index is -0.173. The van der Waals surface area contributed by atoms with Gasteiger partial charge in [0.1, 0.15) is 0 Å². The Hall–Kier alpha value is -1.26. The number of halogens is 1. The number of amides is 1. The highest BCUT2D eigenvalue weighted by Gasteiger charge is 2.18. The number of rotatable bonds is 8. The quantitative estimate of drug-likeness (QED) is 0.573. The highest BCUT2D eigenvalue weighted by atomic mass is 35.5. The van der Waals surface area contributed by atoms with Crippen molar-refractivity contribution in [1.82, 2.24) is 4.90 Å². The van der Waals surface area contributed by atoms with E-state index in [4.69, 9.17) is 22.4 Å². The van der Waals surface area contributed by atoms with Gasteiger partial charge in [0, 0.05) is 13.1 Å². The zero-order chi connectivity index (χ0) is 15.0. The van der Waals surface area contributed by atoms with E-state index in [-0.39, 0.29) is 17.5 Å². The normalized spacial score (nSPS) is 10.6. The number of benzene rings is 1. The number of hydrogen-bond acceptors (Lipinski definition) is 3. The summed E-state index contributed by atoms with van der Waals surface area (Å²) < 4.78 is 0. The lowest BCUT2D eigenvalue weighted by atomic mass is 10.1. The molecule has 4 nitrogen and oxygen atoms in total. The highest BCUT2D eigenvalue weighted by Crippen LogP contribution is 2.24. The van der Waals surface area contributed by atoms with Gasteiger partial charge >= 0.3 is 0 Å². The lowest BCUT2D eigenvalue weighted by Crippen LogP contribution is -2.34. The first kappa shape index (κ1) is 16.8. The number of nitrogen functional groups attached to an aromatic ring is 1. The van der Waals surface area contributed by atoms with E-state index < -0.39 is 0 Å². The average Bonchev–Trinajstić information content (AvgIpc) is 2.44. The van der Waals surface area contributed by atoms with Crippen molar-refractivity contribution in [3.05, 3.63) is 28.8 Å². The van der Waals surface area contributed by atoms with E-state index >= 15 is 0 Å². The average molecular weight is 299 g/mol. The summed E-state index contributed by atoms with van der Waals surface area (Å²) in [4.78, 5) is 14.1. The van der Waals surface area contributed by atoms with Crippen molar-refractivity contribution in [3.63, 3.8) is 0 Å². The zero-order valence-electron chi connectivity index (χ0n) is 11.9. The molecule has 1 amide bonds. The molecule has 0 fully saturated rings. The fourth-order valence-electron chi connectivity index (χ4n) is 2.05. The predicted molar refractivity (Wildman–Crippen MR) is 83.0 cm³/mol. The van der Waals surface area contributed by atoms with Gasteiger partial charge in [-0.25, -0.2) is 0 Å². The molecule has 1 aromatic rings. The number of nitrogens with two attached hydrogens (primary N) is 1. The van der Waals surface area contributed by atoms with Gasteiger partial charge in [0.2, 0.25) is 0 Å². The molecule has 0 aliphatic carbocycles. The van der Waals surface area contributed by atoms with E-state index in [1.165, 1.54) is 0 Å². The molecule has 0 heterocycles. The van der Waals surface area contributed by atoms with Gasteiger partial charge in [-0.2, -0.15) is 0 Å². The molecule has 5 heteroatoms. The van der Waals surface area contributed by atoms with Gasteiger partial charge in [-0.3, -0.25) is 4.79 Å². The minimum absolute atomic E-state index is 0.0561. The molecular formula is C15H23ClN2O2. The summed E-state index contributed by atoms with van der Waals surface area (Å²) in [6.45, 7) is 3.03. The number of nitrogens with zero attached hydrogens (tertiary/aromatic N) is 1. The third-order valence-electron chi connectivity index (χ3n) is 3.20. The van der Waals surface area contributed by atoms with Crippen LogP contribution in [0.5, 0.6) is 0 Å². The maximum Gasteiger partial charge on any atom is 0.255 e. The van der Waals surface area contributed by atoms with Crippen LogP contribution in [-0.2, 0) is 0 Å². The molecule has 0 radical (unpaired) electrons. The lowest BCUT2D eigenvalue weighted by molar-refractivity contribution is 0.0718. The first-order valence-corrected chi connectivity index (χ1v) is 7.43. The van der Waals surface area contributed by atoms with E-state index in [0.717, 1.165) is 25.7 Å². The number of anilines is 1. The Morgan fingerprint density at radius 2 is 2.05 bits per heavy atom. The lowest BCUT2D eigenvalue weighted by Gasteiger charge is -2.22. The molecule has 0 unspecified atom stereocenters. The monoisotopic (exact) mass is 298 g/mol. The number of aliphatic hydroxyl groups is 1. The molecule has 0 aliphatic heterocycles. The molecule has 0 saturated carbocycles. The minimum Gasteiger partial charge on any atom is -0.398 e. The first-order valence-electron chi connectivity index (χ1n) is 7.06. The van der Waals surface area contributed by atoms with Crippen LogP contribution in [0.2, 0.25) is 5.02 Å². The van der Waals surface area contributed by atoms with Crippen LogP contribution in [-0.4, -0.2) is 35.6 Å². The summed E-state index contributed by atoms with van der Waals surface area (Å²) >= 11 is 6.08. The number of unbranched alkanes of at least 4 members (excludes halogenated alkanes) is 3. The van der Waals surface area contributed by atoms with Crippen molar-refractivity contribution in [2.45, 2.75) is 32.6 Å². The summed E-state index contributed by atoms with van der Waals surface area (Å²) in [6.07, 6.45) is 4.31. The van der Waals surface area contributed by atoms with Gasteiger partial charge in [-0.1, -0.05) is 43.9 Å². The molecule has 0 aliphatic rings. The summed E-state index contributed by atoms with van der Waals surface area (Å²) in [5, 5.41) is 9.39. The van der Waals surface area contributed by atoms with Gasteiger partial charge in [0.25, 0.3) is 5.91 Å². The number of carbonyl (C=O) groups excluding carboxylic acids is 1. The maximum atomic E-state index is 12.4. The molecule has 3 N–H and O–H groups in total. The second kappa shape index (κ2) is 8.82. The van der Waals surface area contributed by atoms with Crippen LogP contribution >= 0.6 is 11.6 Å². The molecule has 1 aromatic carbocycles. The second-order valence-electron chi connectivity index (χ2n) is 4.79. The van der Waals surface area contributed by atoms with Crippen LogP contribution in [0.25, 0.3) is 0 Å². The van der Waals surface area contributed by atoms with Gasteiger partial charge in [-0.05, 0) is 18.6 Å². The van der Waals surface area contributed by atoms with Gasteiger partial charge in [-0.15, -0.1) is 0 Å². The summed E-state index contributed by atoms with van der Waals surface area (Å²) in [6, 6.07) is 5.04. The van der Waals surface area contributed by atoms with Crippen molar-refractivity contribution in [3.8, 4) is 0 Å². The third kappa shape index (κ3) is 4.69. The van der Waals surface area contributed by atoms with Crippen molar-refractivity contribution < 1.29 is 9.90 Å². The van der Waals surface area contributed by atoms with Crippen molar-refractivity contribution in [2.75, 3.05) is 25.4 Å². The molecule has 0 spiro atoms. The van der Waals surface area contributed by atoms with Crippen molar-refractivity contribution >= 4 is 23.2 Å². The molecule has 0 atom stereocenters. The molecule has 0 saturated heterocycles. The summed E-state index contributed by atoms with van der Waals surface area (Å²) in [5.41, 5.74) is 6.51. The Balaban J connectivity index is 2.74. The smallest absolute Gasteiger partial charge is 0.255 e. The first-order chi connectivity index (χ1) is 9.61. The van der Waals surface area contributed by atoms with Crippen LogP contribution in [0.1, 0.15) is 43.0 Å². The predicted octanol–water partition coefficient (Wildman–Crippen LogP) is 2.94. The SMILES string of the molecule is CCCCCCN(CCO)C(=O)c1cccc(N)c1Cl. The van der Waals surface area contributed by atoms with E-state index in [1.807, 2.05) is 0 Å². The summed E-state index contributed by atoms with van der Waals surface area (Å²) in [7, 11) is 0. The van der Waals surface area contributed by atoms with Crippen LogP contribution in [0, 0.1) is 0 Å². The largest absolute Gasteiger partial charge is 0.398 e. The van der Waals surface area contributed by atoms with E-state index in [1.54, 1.807) is 23.1 Å². The zero-order valence-corrected chi connectivity index (χ0v) is 12.7. The molecule has 20 heavy (non-hydrogen) atoms. The Kier molecular flexibility index (Phi) is 7.41. The number of hydrogen-bond donors (Lipinski definition) is 2. The molecule has 1 rings (SSSR count). The fraction of sp³-hybridized carbons (Fsp3) is 0.533. The van der Waals surface area contributed by atoms with Crippen molar-refractivity contribution in [1.29, 1.82) is 0 Å². The standard InChI is InChI=1S/C15H23ClN2O2/c1-2-3-4-5-9-18(10-11-19)15(20)12-7-6-8-13(17)14(12)16/h6-8,19H,2-5,9-11,17H2,1H3. The summed E-state index contributed by atoms with van der Waals surface area (Å²) in [5.74, 6) is -0.173. The van der Waals surface area contributed by atoms with Crippen LogP contribution in [0.3, 0.4) is 0 Å². The Bertz CT molecular complexity index is 438. The fourth-order valence-corrected chi connectivity index (χ4v) is 2.26. The Morgan fingerprint density at radius 1 is 1.30 bits per heavy atom. The van der Waals surface area contributed by atoms with Gasteiger partial charge in [0.15, 0.2) is 0 Å². The highest BCUT2D eigenvalue weighted by molar-refractivity contribution is 6.36. The third-order valence-corrected chi connectivity index (χ3v) is 3.62. The van der Waals surface area contributed by atoms with E-state index in [9.17, 15) is 4.79 Å². The molecule has 112 valence electrons. The van der Waals surface area contributed by atoms with Crippen LogP contribution in [0.4, 0.5) is 5.69 Å². The Labute approximate surface area is 125 Å². The molecule has 0 bridgehead atoms. The van der Waals surface area contributed by atoms with Gasteiger partial charge < -0.3 is 15.7 Å². The van der Waals surface area contributed by atoms with E-state index in [2.05, 4.69) is 6.92 Å². The van der Waals surface area contributed by atoms with Crippen molar-refractivity contribution in [2.24, 2.45) is 0 Å². The van der Waals surface area contributed by atoms with Crippen LogP contribution in [0.15, 0.2) is 18.2 Å². The maximum absolute atomic E-state index is 12.4. The topological polar surface area (TPSA) is 66.6 Å². The molecule has 0 aromatic heterocycles. The Morgan fingerprint density at radius 3 is 2.70 bits per heavy atom. The second-order valence-corrected chi connectivity index (χ2v) is 5.16.